The molecule has 1 aromatic rings. The number of nitrogens with two attached hydrogens (primary N) is 1. The normalized spacial score (nSPS) is 21.0. The lowest BCUT2D eigenvalue weighted by Gasteiger charge is -2.33. The monoisotopic (exact) mass is 238 g/mol. The number of hydrogen-bond donors (Lipinski definition) is 1. The summed E-state index contributed by atoms with van der Waals surface area (Å²) in [5, 5.41) is 4.05. The van der Waals surface area contributed by atoms with Gasteiger partial charge in [0.25, 0.3) is 0 Å². The Hall–Kier alpha value is -0.940. The molecule has 2 heterocycles. The Morgan fingerprint density at radius 2 is 1.94 bits per heavy atom. The summed E-state index contributed by atoms with van der Waals surface area (Å²) in [4.78, 5) is 6.87. The SMILES string of the molecule is CC(N)c1nc(C2CCN(C(C)C)CC2)no1. The van der Waals surface area contributed by atoms with Gasteiger partial charge in [-0.05, 0) is 46.7 Å². The maximum atomic E-state index is 5.71. The fraction of sp³-hybridized carbons (Fsp3) is 0.833. The van der Waals surface area contributed by atoms with Crippen molar-refractivity contribution in [1.29, 1.82) is 0 Å². The number of rotatable bonds is 3. The lowest BCUT2D eigenvalue weighted by atomic mass is 9.95. The van der Waals surface area contributed by atoms with Gasteiger partial charge in [-0.3, -0.25) is 0 Å². The smallest absolute Gasteiger partial charge is 0.243 e. The van der Waals surface area contributed by atoms with E-state index in [2.05, 4.69) is 28.9 Å². The Morgan fingerprint density at radius 1 is 1.29 bits per heavy atom. The van der Waals surface area contributed by atoms with Crippen LogP contribution < -0.4 is 5.73 Å². The van der Waals surface area contributed by atoms with Gasteiger partial charge in [0.1, 0.15) is 0 Å². The largest absolute Gasteiger partial charge is 0.338 e. The minimum absolute atomic E-state index is 0.174. The molecule has 2 rings (SSSR count). The number of piperidine rings is 1. The molecule has 5 nitrogen and oxygen atoms in total. The van der Waals surface area contributed by atoms with Crippen LogP contribution >= 0.6 is 0 Å². The molecule has 0 spiro atoms. The summed E-state index contributed by atoms with van der Waals surface area (Å²) in [6.07, 6.45) is 2.21. The van der Waals surface area contributed by atoms with Crippen molar-refractivity contribution in [1.82, 2.24) is 15.0 Å². The van der Waals surface area contributed by atoms with Crippen LogP contribution in [0.4, 0.5) is 0 Å². The third-order valence-electron chi connectivity index (χ3n) is 3.47. The van der Waals surface area contributed by atoms with Crippen LogP contribution in [0.15, 0.2) is 4.52 Å². The predicted molar refractivity (Wildman–Crippen MR) is 65.6 cm³/mol. The molecule has 1 unspecified atom stereocenters. The highest BCUT2D eigenvalue weighted by molar-refractivity contribution is 4.99. The van der Waals surface area contributed by atoms with Gasteiger partial charge in [-0.1, -0.05) is 5.16 Å². The van der Waals surface area contributed by atoms with Crippen LogP contribution in [0, 0.1) is 0 Å². The van der Waals surface area contributed by atoms with Gasteiger partial charge in [-0.15, -0.1) is 0 Å². The predicted octanol–water partition coefficient (Wildman–Crippen LogP) is 1.68. The second kappa shape index (κ2) is 5.14. The molecule has 96 valence electrons. The van der Waals surface area contributed by atoms with Gasteiger partial charge in [0.05, 0.1) is 6.04 Å². The summed E-state index contributed by atoms with van der Waals surface area (Å²) in [7, 11) is 0. The molecule has 1 saturated heterocycles. The molecule has 1 fully saturated rings. The van der Waals surface area contributed by atoms with Crippen molar-refractivity contribution >= 4 is 0 Å². The summed E-state index contributed by atoms with van der Waals surface area (Å²) in [5.41, 5.74) is 5.71. The summed E-state index contributed by atoms with van der Waals surface area (Å²) in [6.45, 7) is 8.57. The van der Waals surface area contributed by atoms with Crippen molar-refractivity contribution < 1.29 is 4.52 Å². The molecule has 5 heteroatoms. The van der Waals surface area contributed by atoms with Crippen molar-refractivity contribution in [3.05, 3.63) is 11.7 Å². The molecule has 0 aliphatic carbocycles. The Morgan fingerprint density at radius 3 is 2.41 bits per heavy atom. The number of hydrogen-bond acceptors (Lipinski definition) is 5. The molecule has 0 bridgehead atoms. The fourth-order valence-electron chi connectivity index (χ4n) is 2.27. The van der Waals surface area contributed by atoms with E-state index in [4.69, 9.17) is 10.3 Å². The molecule has 0 aromatic carbocycles. The quantitative estimate of drug-likeness (QED) is 0.867. The maximum absolute atomic E-state index is 5.71. The second-order valence-electron chi connectivity index (χ2n) is 5.18. The first-order valence-corrected chi connectivity index (χ1v) is 6.41. The van der Waals surface area contributed by atoms with Gasteiger partial charge in [-0.2, -0.15) is 4.98 Å². The van der Waals surface area contributed by atoms with E-state index in [-0.39, 0.29) is 6.04 Å². The van der Waals surface area contributed by atoms with E-state index in [0.717, 1.165) is 31.8 Å². The maximum Gasteiger partial charge on any atom is 0.243 e. The van der Waals surface area contributed by atoms with Crippen LogP contribution in [-0.4, -0.2) is 34.2 Å². The van der Waals surface area contributed by atoms with Crippen LogP contribution in [0.3, 0.4) is 0 Å². The molecular formula is C12H22N4O. The van der Waals surface area contributed by atoms with Gasteiger partial charge in [0.2, 0.25) is 5.89 Å². The first-order chi connectivity index (χ1) is 8.08. The number of nitrogens with zero attached hydrogens (tertiary/aromatic N) is 3. The molecule has 0 saturated carbocycles. The average molecular weight is 238 g/mol. The van der Waals surface area contributed by atoms with E-state index in [0.29, 0.717) is 17.9 Å². The molecule has 0 radical (unpaired) electrons. The third kappa shape index (κ3) is 2.84. The van der Waals surface area contributed by atoms with E-state index < -0.39 is 0 Å². The molecular weight excluding hydrogens is 216 g/mol. The highest BCUT2D eigenvalue weighted by Gasteiger charge is 2.25. The summed E-state index contributed by atoms with van der Waals surface area (Å²) < 4.78 is 5.15. The molecule has 1 aliphatic heterocycles. The Balaban J connectivity index is 1.96. The van der Waals surface area contributed by atoms with Crippen LogP contribution in [0.1, 0.15) is 57.3 Å². The highest BCUT2D eigenvalue weighted by Crippen LogP contribution is 2.27. The summed E-state index contributed by atoms with van der Waals surface area (Å²) in [5.74, 6) is 1.81. The van der Waals surface area contributed by atoms with Gasteiger partial charge in [-0.25, -0.2) is 0 Å². The molecule has 1 atom stereocenters. The topological polar surface area (TPSA) is 68.2 Å². The van der Waals surface area contributed by atoms with Gasteiger partial charge >= 0.3 is 0 Å². The van der Waals surface area contributed by atoms with E-state index in [1.807, 2.05) is 6.92 Å². The van der Waals surface area contributed by atoms with Crippen LogP contribution in [0.25, 0.3) is 0 Å². The Kier molecular flexibility index (Phi) is 3.79. The van der Waals surface area contributed by atoms with Gasteiger partial charge in [0, 0.05) is 12.0 Å². The van der Waals surface area contributed by atoms with E-state index >= 15 is 0 Å². The molecule has 1 aliphatic rings. The third-order valence-corrected chi connectivity index (χ3v) is 3.47. The van der Waals surface area contributed by atoms with Crippen molar-refractivity contribution in [2.24, 2.45) is 5.73 Å². The lowest BCUT2D eigenvalue weighted by Crippen LogP contribution is -2.38. The Labute approximate surface area is 102 Å². The van der Waals surface area contributed by atoms with Crippen molar-refractivity contribution in [3.8, 4) is 0 Å². The Bertz CT molecular complexity index is 353. The number of likely N-dealkylation sites (tertiary alicyclic amines) is 1. The average Bonchev–Trinajstić information content (AvgIpc) is 2.78. The molecule has 1 aromatic heterocycles. The van der Waals surface area contributed by atoms with Gasteiger partial charge in [0.15, 0.2) is 5.82 Å². The first kappa shape index (κ1) is 12.5. The summed E-state index contributed by atoms with van der Waals surface area (Å²) in [6, 6.07) is 0.452. The van der Waals surface area contributed by atoms with Crippen LogP contribution in [0.5, 0.6) is 0 Å². The van der Waals surface area contributed by atoms with Crippen molar-refractivity contribution in [3.63, 3.8) is 0 Å². The molecule has 2 N–H and O–H groups in total. The van der Waals surface area contributed by atoms with Crippen LogP contribution in [0.2, 0.25) is 0 Å². The van der Waals surface area contributed by atoms with Crippen molar-refractivity contribution in [2.75, 3.05) is 13.1 Å². The highest BCUT2D eigenvalue weighted by atomic mass is 16.5. The zero-order valence-electron chi connectivity index (χ0n) is 10.9. The molecule has 17 heavy (non-hydrogen) atoms. The fourth-order valence-corrected chi connectivity index (χ4v) is 2.27. The zero-order chi connectivity index (χ0) is 12.4. The standard InChI is InChI=1S/C12H22N4O/c1-8(2)16-6-4-10(5-7-16)11-14-12(9(3)13)17-15-11/h8-10H,4-7,13H2,1-3H3. The minimum atomic E-state index is -0.174. The van der Waals surface area contributed by atoms with Crippen molar-refractivity contribution in [2.45, 2.75) is 51.6 Å². The first-order valence-electron chi connectivity index (χ1n) is 6.41. The zero-order valence-corrected chi connectivity index (χ0v) is 10.9. The summed E-state index contributed by atoms with van der Waals surface area (Å²) >= 11 is 0. The van der Waals surface area contributed by atoms with Crippen LogP contribution in [-0.2, 0) is 0 Å². The number of aromatic nitrogens is 2. The van der Waals surface area contributed by atoms with E-state index in [9.17, 15) is 0 Å². The second-order valence-corrected chi connectivity index (χ2v) is 5.18. The van der Waals surface area contributed by atoms with E-state index in [1.165, 1.54) is 0 Å². The lowest BCUT2D eigenvalue weighted by molar-refractivity contribution is 0.168. The van der Waals surface area contributed by atoms with Gasteiger partial charge < -0.3 is 15.2 Å². The minimum Gasteiger partial charge on any atom is -0.338 e. The van der Waals surface area contributed by atoms with E-state index in [1.54, 1.807) is 0 Å². The molecule has 0 amide bonds.